The number of fused-ring (bicyclic) bond motifs is 1. The van der Waals surface area contributed by atoms with Crippen molar-refractivity contribution in [1.82, 2.24) is 15.3 Å². The number of nitrogens with zero attached hydrogens (tertiary/aromatic N) is 2. The van der Waals surface area contributed by atoms with E-state index in [1.165, 1.54) is 11.3 Å². The van der Waals surface area contributed by atoms with Crippen LogP contribution in [-0.2, 0) is 20.9 Å². The van der Waals surface area contributed by atoms with Crippen LogP contribution in [0, 0.1) is 5.92 Å². The number of benzene rings is 1. The van der Waals surface area contributed by atoms with Crippen LogP contribution in [0.2, 0.25) is 0 Å². The number of carbonyl (C=O) groups excluding carboxylic acids is 2. The van der Waals surface area contributed by atoms with Gasteiger partial charge in [0.25, 0.3) is 0 Å². The van der Waals surface area contributed by atoms with Gasteiger partial charge in [-0.15, -0.1) is 11.3 Å². The van der Waals surface area contributed by atoms with E-state index in [1.54, 1.807) is 25.5 Å². The van der Waals surface area contributed by atoms with E-state index in [1.807, 2.05) is 60.8 Å². The number of rotatable bonds is 7. The summed E-state index contributed by atoms with van der Waals surface area (Å²) < 4.78 is 5.98. The number of hydrogen-bond acceptors (Lipinski definition) is 7. The van der Waals surface area contributed by atoms with Gasteiger partial charge in [0.1, 0.15) is 11.4 Å². The molecule has 38 heavy (non-hydrogen) atoms. The fourth-order valence-electron chi connectivity index (χ4n) is 5.28. The average Bonchev–Trinajstić information content (AvgIpc) is 3.70. The number of allylic oxidation sites excluding steroid dienone is 3. The van der Waals surface area contributed by atoms with Crippen LogP contribution in [0.1, 0.15) is 43.7 Å². The second-order valence-electron chi connectivity index (χ2n) is 9.81. The highest BCUT2D eigenvalue weighted by atomic mass is 32.1. The van der Waals surface area contributed by atoms with Crippen molar-refractivity contribution >= 4 is 33.3 Å². The second kappa shape index (κ2) is 9.99. The van der Waals surface area contributed by atoms with Crippen LogP contribution in [0.15, 0.2) is 95.0 Å². The minimum atomic E-state index is -0.502. The maximum atomic E-state index is 13.9. The molecule has 4 aromatic rings. The summed E-state index contributed by atoms with van der Waals surface area (Å²) in [5.41, 5.74) is 6.73. The number of thiophene rings is 1. The molecule has 190 valence electrons. The minimum absolute atomic E-state index is 0.0616. The second-order valence-corrected chi connectivity index (χ2v) is 10.7. The average molecular weight is 522 g/mol. The van der Waals surface area contributed by atoms with Crippen LogP contribution in [0.3, 0.4) is 0 Å². The Morgan fingerprint density at radius 1 is 1.03 bits per heavy atom. The zero-order chi connectivity index (χ0) is 26.2. The molecule has 6 nitrogen and oxygen atoms in total. The van der Waals surface area contributed by atoms with Gasteiger partial charge in [-0.2, -0.15) is 0 Å². The quantitative estimate of drug-likeness (QED) is 0.287. The molecular weight excluding hydrogens is 494 g/mol. The Balaban J connectivity index is 1.37. The lowest BCUT2D eigenvalue weighted by Gasteiger charge is -2.31. The fourth-order valence-corrected chi connectivity index (χ4v) is 6.21. The molecule has 0 radical (unpaired) electrons. The lowest BCUT2D eigenvalue weighted by Crippen LogP contribution is -2.32. The van der Waals surface area contributed by atoms with Gasteiger partial charge in [-0.3, -0.25) is 9.78 Å². The standard InChI is InChI=1S/C31H27N3O3S/c1-18-26(19(2)35)27(25-17-38-30-24(25)7-4-12-33-30)28(29(34-18)22-8-9-22)31(36)37-16-20-5-3-6-23(15-20)21-10-13-32-14-11-21/h3-7,10-15,17,22,27,34H,8-9,16H2,1-2H3. The molecule has 1 aliphatic heterocycles. The first-order valence-corrected chi connectivity index (χ1v) is 13.6. The third kappa shape index (κ3) is 4.54. The molecular formula is C31H27N3O3S. The summed E-state index contributed by atoms with van der Waals surface area (Å²) in [7, 11) is 0. The lowest BCUT2D eigenvalue weighted by atomic mass is 9.78. The molecule has 0 spiro atoms. The van der Waals surface area contributed by atoms with Crippen molar-refractivity contribution in [3.63, 3.8) is 0 Å². The van der Waals surface area contributed by atoms with E-state index in [4.69, 9.17) is 4.74 Å². The number of ether oxygens (including phenoxy) is 1. The third-order valence-electron chi connectivity index (χ3n) is 7.18. The van der Waals surface area contributed by atoms with Gasteiger partial charge < -0.3 is 10.1 Å². The SMILES string of the molecule is CC(=O)C1=C(C)NC(C2CC2)=C(C(=O)OCc2cccc(-c3ccncc3)c2)C1c1csc2ncccc12. The topological polar surface area (TPSA) is 81.2 Å². The van der Waals surface area contributed by atoms with Crippen LogP contribution in [-0.4, -0.2) is 21.7 Å². The van der Waals surface area contributed by atoms with Crippen molar-refractivity contribution in [2.24, 2.45) is 5.92 Å². The molecule has 0 bridgehead atoms. The maximum absolute atomic E-state index is 13.9. The number of Topliss-reactive ketones (excluding diaryl/α,β-unsaturated/α-hetero) is 1. The van der Waals surface area contributed by atoms with E-state index < -0.39 is 11.9 Å². The molecule has 1 fully saturated rings. The summed E-state index contributed by atoms with van der Waals surface area (Å²) in [4.78, 5) is 36.4. The van der Waals surface area contributed by atoms with Crippen molar-refractivity contribution in [2.75, 3.05) is 0 Å². The van der Waals surface area contributed by atoms with E-state index in [0.717, 1.165) is 56.7 Å². The predicted octanol–water partition coefficient (Wildman–Crippen LogP) is 6.32. The molecule has 1 saturated carbocycles. The zero-order valence-electron chi connectivity index (χ0n) is 21.2. The van der Waals surface area contributed by atoms with E-state index >= 15 is 0 Å². The predicted molar refractivity (Wildman–Crippen MR) is 148 cm³/mol. The van der Waals surface area contributed by atoms with Gasteiger partial charge >= 0.3 is 5.97 Å². The maximum Gasteiger partial charge on any atom is 0.337 e. The Labute approximate surface area is 225 Å². The molecule has 1 unspecified atom stereocenters. The first-order chi connectivity index (χ1) is 18.5. The number of dihydropyridines is 1. The molecule has 4 heterocycles. The van der Waals surface area contributed by atoms with Crippen LogP contribution in [0.5, 0.6) is 0 Å². The first-order valence-electron chi connectivity index (χ1n) is 12.7. The fraction of sp³-hybridized carbons (Fsp3) is 0.226. The molecule has 1 atom stereocenters. The molecule has 1 aliphatic carbocycles. The molecule has 0 amide bonds. The normalized spacial score (nSPS) is 17.5. The molecule has 0 saturated heterocycles. The number of nitrogens with one attached hydrogen (secondary N) is 1. The van der Waals surface area contributed by atoms with Crippen molar-refractivity contribution in [3.05, 3.63) is 106 Å². The molecule has 1 N–H and O–H groups in total. The summed E-state index contributed by atoms with van der Waals surface area (Å²) in [5, 5.41) is 6.42. The molecule has 1 aromatic carbocycles. The first kappa shape index (κ1) is 24.2. The van der Waals surface area contributed by atoms with Crippen molar-refractivity contribution in [1.29, 1.82) is 0 Å². The summed E-state index contributed by atoms with van der Waals surface area (Å²) in [6.07, 6.45) is 7.30. The Morgan fingerprint density at radius 2 is 1.84 bits per heavy atom. The van der Waals surface area contributed by atoms with Gasteiger partial charge in [0, 0.05) is 46.9 Å². The van der Waals surface area contributed by atoms with Crippen LogP contribution in [0.4, 0.5) is 0 Å². The van der Waals surface area contributed by atoms with Gasteiger partial charge in [0.05, 0.1) is 5.57 Å². The number of hydrogen-bond donors (Lipinski definition) is 1. The van der Waals surface area contributed by atoms with E-state index in [-0.39, 0.29) is 18.3 Å². The molecule has 3 aromatic heterocycles. The van der Waals surface area contributed by atoms with Gasteiger partial charge in [0.15, 0.2) is 5.78 Å². The third-order valence-corrected chi connectivity index (χ3v) is 8.10. The number of carbonyl (C=O) groups is 2. The number of esters is 1. The highest BCUT2D eigenvalue weighted by Crippen LogP contribution is 2.48. The summed E-state index contributed by atoms with van der Waals surface area (Å²) in [5.74, 6) is -0.693. The van der Waals surface area contributed by atoms with Crippen LogP contribution >= 0.6 is 11.3 Å². The number of ketones is 1. The van der Waals surface area contributed by atoms with Crippen molar-refractivity contribution in [2.45, 2.75) is 39.2 Å². The number of pyridine rings is 2. The van der Waals surface area contributed by atoms with Crippen molar-refractivity contribution < 1.29 is 14.3 Å². The summed E-state index contributed by atoms with van der Waals surface area (Å²) in [6.45, 7) is 3.62. The summed E-state index contributed by atoms with van der Waals surface area (Å²) in [6, 6.07) is 15.8. The lowest BCUT2D eigenvalue weighted by molar-refractivity contribution is -0.140. The highest BCUT2D eigenvalue weighted by molar-refractivity contribution is 7.16. The minimum Gasteiger partial charge on any atom is -0.457 e. The van der Waals surface area contributed by atoms with E-state index in [9.17, 15) is 9.59 Å². The van der Waals surface area contributed by atoms with E-state index in [2.05, 4.69) is 15.3 Å². The van der Waals surface area contributed by atoms with Crippen molar-refractivity contribution in [3.8, 4) is 11.1 Å². The highest BCUT2D eigenvalue weighted by Gasteiger charge is 2.42. The zero-order valence-corrected chi connectivity index (χ0v) is 22.0. The molecule has 7 heteroatoms. The smallest absolute Gasteiger partial charge is 0.337 e. The van der Waals surface area contributed by atoms with Gasteiger partial charge in [-0.05, 0) is 84.5 Å². The van der Waals surface area contributed by atoms with Gasteiger partial charge in [-0.1, -0.05) is 24.3 Å². The monoisotopic (exact) mass is 521 g/mol. The number of aromatic nitrogens is 2. The van der Waals surface area contributed by atoms with Crippen LogP contribution < -0.4 is 5.32 Å². The Morgan fingerprint density at radius 3 is 2.61 bits per heavy atom. The Bertz CT molecular complexity index is 1620. The summed E-state index contributed by atoms with van der Waals surface area (Å²) >= 11 is 1.53. The molecule has 2 aliphatic rings. The van der Waals surface area contributed by atoms with Gasteiger partial charge in [0.2, 0.25) is 0 Å². The largest absolute Gasteiger partial charge is 0.457 e. The van der Waals surface area contributed by atoms with Gasteiger partial charge in [-0.25, -0.2) is 9.78 Å². The Hall–Kier alpha value is -4.10. The Kier molecular flexibility index (Phi) is 6.37. The van der Waals surface area contributed by atoms with E-state index in [0.29, 0.717) is 11.1 Å². The molecule has 6 rings (SSSR count). The van der Waals surface area contributed by atoms with Crippen LogP contribution in [0.25, 0.3) is 21.3 Å².